The van der Waals surface area contributed by atoms with E-state index in [0.29, 0.717) is 38.3 Å². The maximum atomic E-state index is 13.5. The fraction of sp³-hybridized carbons (Fsp3) is 0.293. The van der Waals surface area contributed by atoms with Crippen LogP contribution in [-0.4, -0.2) is 99.9 Å². The van der Waals surface area contributed by atoms with Crippen LogP contribution in [0, 0.1) is 5.82 Å². The summed E-state index contributed by atoms with van der Waals surface area (Å²) in [5.41, 5.74) is 4.12. The molecule has 2 saturated heterocycles. The Morgan fingerprint density at radius 3 is 1.96 bits per heavy atom. The van der Waals surface area contributed by atoms with E-state index < -0.39 is 18.0 Å². The molecular weight excluding hydrogens is 686 g/mol. The Morgan fingerprint density at radius 2 is 1.31 bits per heavy atom. The Labute approximate surface area is 314 Å². The maximum absolute atomic E-state index is 13.5. The van der Waals surface area contributed by atoms with Crippen molar-refractivity contribution in [2.75, 3.05) is 57.3 Å². The van der Waals surface area contributed by atoms with Crippen LogP contribution < -0.4 is 15.5 Å². The second-order valence-electron chi connectivity index (χ2n) is 13.6. The molecule has 2 N–H and O–H groups in total. The number of aromatic nitrogens is 3. The monoisotopic (exact) mass is 729 g/mol. The molecule has 4 amide bonds. The fourth-order valence-corrected chi connectivity index (χ4v) is 7.23. The number of nitrogens with zero attached hydrogens (tertiary/aromatic N) is 7. The van der Waals surface area contributed by atoms with Crippen molar-refractivity contribution in [1.29, 1.82) is 0 Å². The minimum atomic E-state index is -0.591. The highest BCUT2D eigenvalue weighted by molar-refractivity contribution is 6.04. The molecule has 2 fully saturated rings. The lowest BCUT2D eigenvalue weighted by Gasteiger charge is -2.42. The van der Waals surface area contributed by atoms with Crippen LogP contribution in [-0.2, 0) is 17.9 Å². The SMILES string of the molecule is O=C(NC(=O)c1ccccc1)N[C@H](c1ccccc1)[C@H](c1ccccc1)N1CCN(C(=O)Cn2cc(CN3CCN(c4ccc(F)cc4)CC3)nn2)CC1. The highest BCUT2D eigenvalue weighted by atomic mass is 19.1. The summed E-state index contributed by atoms with van der Waals surface area (Å²) in [4.78, 5) is 48.5. The molecule has 5 aromatic rings. The largest absolute Gasteiger partial charge is 0.369 e. The third kappa shape index (κ3) is 9.17. The molecule has 12 nitrogen and oxygen atoms in total. The minimum absolute atomic E-state index is 0.0354. The molecule has 0 bridgehead atoms. The Morgan fingerprint density at radius 1 is 0.704 bits per heavy atom. The number of hydrogen-bond acceptors (Lipinski definition) is 8. The number of rotatable bonds is 11. The van der Waals surface area contributed by atoms with E-state index in [1.807, 2.05) is 90.0 Å². The Balaban J connectivity index is 0.966. The summed E-state index contributed by atoms with van der Waals surface area (Å²) < 4.78 is 15.0. The number of amides is 4. The number of halogens is 1. The van der Waals surface area contributed by atoms with Gasteiger partial charge < -0.3 is 15.1 Å². The Hall–Kier alpha value is -5.92. The molecule has 2 atom stereocenters. The predicted octanol–water partition coefficient (Wildman–Crippen LogP) is 4.51. The molecule has 1 aromatic heterocycles. The normalized spacial score (nSPS) is 16.4. The van der Waals surface area contributed by atoms with Gasteiger partial charge in [0.25, 0.3) is 5.91 Å². The molecular formula is C41H44FN9O3. The van der Waals surface area contributed by atoms with Crippen LogP contribution in [0.1, 0.15) is 39.3 Å². The summed E-state index contributed by atoms with van der Waals surface area (Å²) in [5, 5.41) is 14.2. The quantitative estimate of drug-likeness (QED) is 0.204. The number of hydrogen-bond donors (Lipinski definition) is 2. The molecule has 2 aliphatic heterocycles. The molecule has 3 heterocycles. The van der Waals surface area contributed by atoms with Gasteiger partial charge in [-0.2, -0.15) is 0 Å². The summed E-state index contributed by atoms with van der Waals surface area (Å²) in [6.07, 6.45) is 1.84. The second-order valence-corrected chi connectivity index (χ2v) is 13.6. The first-order valence-electron chi connectivity index (χ1n) is 18.3. The lowest BCUT2D eigenvalue weighted by atomic mass is 9.91. The molecule has 0 aliphatic carbocycles. The standard InChI is InChI=1S/C41H44FN9O3/c42-34-16-18-36(19-17-34)48-22-20-47(21-23-48)28-35-29-51(46-45-35)30-37(52)49-24-26-50(27-25-49)39(32-12-6-2-7-13-32)38(31-10-4-1-5-11-31)43-41(54)44-40(53)33-14-8-3-9-15-33/h1-19,29,38-39H,20-28,30H2,(H2,43,44,53,54)/t38-,39+/m1/s1. The number of nitrogens with one attached hydrogen (secondary N) is 2. The number of carbonyl (C=O) groups excluding carboxylic acids is 3. The average Bonchev–Trinajstić information content (AvgIpc) is 3.65. The lowest BCUT2D eigenvalue weighted by Crippen LogP contribution is -2.53. The van der Waals surface area contributed by atoms with Crippen molar-refractivity contribution in [1.82, 2.24) is 40.3 Å². The molecule has 0 radical (unpaired) electrons. The predicted molar refractivity (Wildman–Crippen MR) is 203 cm³/mol. The molecule has 0 saturated carbocycles. The van der Waals surface area contributed by atoms with Crippen molar-refractivity contribution >= 4 is 23.5 Å². The van der Waals surface area contributed by atoms with Crippen LogP contribution in [0.3, 0.4) is 0 Å². The van der Waals surface area contributed by atoms with E-state index >= 15 is 0 Å². The van der Waals surface area contributed by atoms with E-state index in [-0.39, 0.29) is 24.3 Å². The highest BCUT2D eigenvalue weighted by Crippen LogP contribution is 2.35. The molecule has 2 aliphatic rings. The zero-order valence-electron chi connectivity index (χ0n) is 30.0. The molecule has 0 spiro atoms. The molecule has 278 valence electrons. The smallest absolute Gasteiger partial charge is 0.322 e. The van der Waals surface area contributed by atoms with Gasteiger partial charge in [-0.25, -0.2) is 13.9 Å². The maximum Gasteiger partial charge on any atom is 0.322 e. The van der Waals surface area contributed by atoms with Gasteiger partial charge in [-0.15, -0.1) is 5.10 Å². The van der Waals surface area contributed by atoms with Gasteiger partial charge >= 0.3 is 6.03 Å². The van der Waals surface area contributed by atoms with Gasteiger partial charge in [-0.3, -0.25) is 24.7 Å². The third-order valence-electron chi connectivity index (χ3n) is 10.1. The number of anilines is 1. The van der Waals surface area contributed by atoms with Crippen LogP contribution in [0.25, 0.3) is 0 Å². The minimum Gasteiger partial charge on any atom is -0.369 e. The summed E-state index contributed by atoms with van der Waals surface area (Å²) in [7, 11) is 0. The van der Waals surface area contributed by atoms with E-state index in [1.54, 1.807) is 28.9 Å². The van der Waals surface area contributed by atoms with Crippen molar-refractivity contribution < 1.29 is 18.8 Å². The molecule has 54 heavy (non-hydrogen) atoms. The summed E-state index contributed by atoms with van der Waals surface area (Å²) in [5.74, 6) is -0.753. The zero-order chi connectivity index (χ0) is 37.3. The van der Waals surface area contributed by atoms with Crippen LogP contribution >= 0.6 is 0 Å². The average molecular weight is 730 g/mol. The fourth-order valence-electron chi connectivity index (χ4n) is 7.23. The summed E-state index contributed by atoms with van der Waals surface area (Å²) >= 11 is 0. The first kappa shape index (κ1) is 36.4. The van der Waals surface area contributed by atoms with Crippen molar-refractivity contribution in [2.24, 2.45) is 0 Å². The van der Waals surface area contributed by atoms with Gasteiger partial charge in [0.2, 0.25) is 5.91 Å². The highest BCUT2D eigenvalue weighted by Gasteiger charge is 2.35. The summed E-state index contributed by atoms with van der Waals surface area (Å²) in [6.45, 7) is 6.24. The molecule has 4 aromatic carbocycles. The number of urea groups is 1. The van der Waals surface area contributed by atoms with Gasteiger partial charge in [0.1, 0.15) is 12.4 Å². The molecule has 0 unspecified atom stereocenters. The van der Waals surface area contributed by atoms with E-state index in [0.717, 1.165) is 48.7 Å². The van der Waals surface area contributed by atoms with Crippen molar-refractivity contribution in [3.63, 3.8) is 0 Å². The lowest BCUT2D eigenvalue weighted by molar-refractivity contribution is -0.134. The van der Waals surface area contributed by atoms with Crippen molar-refractivity contribution in [3.8, 4) is 0 Å². The first-order valence-corrected chi connectivity index (χ1v) is 18.3. The van der Waals surface area contributed by atoms with Crippen molar-refractivity contribution in [2.45, 2.75) is 25.2 Å². The topological polar surface area (TPSA) is 119 Å². The van der Waals surface area contributed by atoms with E-state index in [9.17, 15) is 18.8 Å². The van der Waals surface area contributed by atoms with Crippen molar-refractivity contribution in [3.05, 3.63) is 150 Å². The van der Waals surface area contributed by atoms with Gasteiger partial charge in [-0.05, 0) is 47.5 Å². The van der Waals surface area contributed by atoms with E-state index in [4.69, 9.17) is 0 Å². The van der Waals surface area contributed by atoms with E-state index in [1.165, 1.54) is 12.1 Å². The van der Waals surface area contributed by atoms with Gasteiger partial charge in [0.05, 0.1) is 24.0 Å². The Bertz CT molecular complexity index is 1980. The van der Waals surface area contributed by atoms with Gasteiger partial charge in [0, 0.05) is 70.2 Å². The molecule has 13 heteroatoms. The first-order chi connectivity index (χ1) is 26.4. The van der Waals surface area contributed by atoms with Crippen LogP contribution in [0.4, 0.5) is 14.9 Å². The number of carbonyl (C=O) groups is 3. The summed E-state index contributed by atoms with van der Waals surface area (Å²) in [6, 6.07) is 33.6. The molecule has 7 rings (SSSR count). The Kier molecular flexibility index (Phi) is 11.7. The number of imide groups is 1. The van der Waals surface area contributed by atoms with Crippen LogP contribution in [0.15, 0.2) is 121 Å². The second kappa shape index (κ2) is 17.3. The number of piperazine rings is 2. The van der Waals surface area contributed by atoms with Gasteiger partial charge in [0.15, 0.2) is 0 Å². The van der Waals surface area contributed by atoms with E-state index in [2.05, 4.69) is 35.6 Å². The zero-order valence-corrected chi connectivity index (χ0v) is 30.0. The third-order valence-corrected chi connectivity index (χ3v) is 10.1. The van der Waals surface area contributed by atoms with Crippen LogP contribution in [0.2, 0.25) is 0 Å². The van der Waals surface area contributed by atoms with Crippen LogP contribution in [0.5, 0.6) is 0 Å². The van der Waals surface area contributed by atoms with Gasteiger partial charge in [-0.1, -0.05) is 84.1 Å². The number of benzene rings is 4.